The molecule has 0 bridgehead atoms. The Labute approximate surface area is 127 Å². The number of rotatable bonds is 8. The molecule has 1 rings (SSSR count). The van der Waals surface area contributed by atoms with Gasteiger partial charge in [-0.05, 0) is 12.0 Å². The molecule has 0 radical (unpaired) electrons. The van der Waals surface area contributed by atoms with Gasteiger partial charge in [0.05, 0.1) is 12.3 Å². The average molecular weight is 311 g/mol. The maximum Gasteiger partial charge on any atom is 0.326 e. The fraction of sp³-hybridized carbons (Fsp3) is 0.357. The minimum atomic E-state index is -1.44. The molecule has 0 aliphatic heterocycles. The number of hydrogen-bond donors (Lipinski definition) is 4. The van der Waals surface area contributed by atoms with E-state index >= 15 is 0 Å². The minimum Gasteiger partial charge on any atom is -0.481 e. The highest BCUT2D eigenvalue weighted by Crippen LogP contribution is 2.11. The number of amides is 1. The predicted octanol–water partition coefficient (Wildman–Crippen LogP) is 0.819. The molecule has 6 nitrogen and oxygen atoms in total. The summed E-state index contributed by atoms with van der Waals surface area (Å²) < 4.78 is 0. The highest BCUT2D eigenvalue weighted by molar-refractivity contribution is 7.80. The number of hydrogen-bond acceptors (Lipinski definition) is 4. The van der Waals surface area contributed by atoms with Gasteiger partial charge in [-0.25, -0.2) is 4.79 Å². The van der Waals surface area contributed by atoms with Crippen LogP contribution in [0.1, 0.15) is 12.0 Å². The van der Waals surface area contributed by atoms with E-state index in [2.05, 4.69) is 17.9 Å². The molecule has 0 heterocycles. The number of aliphatic carboxylic acids is 2. The van der Waals surface area contributed by atoms with Crippen molar-refractivity contribution < 1.29 is 24.6 Å². The third kappa shape index (κ3) is 5.86. The Morgan fingerprint density at radius 1 is 1.14 bits per heavy atom. The Bertz CT molecular complexity index is 505. The molecule has 2 atom stereocenters. The minimum absolute atomic E-state index is 0.236. The molecule has 1 aromatic rings. The van der Waals surface area contributed by atoms with Gasteiger partial charge in [-0.15, -0.1) is 0 Å². The number of thiol groups is 1. The maximum atomic E-state index is 12.1. The largest absolute Gasteiger partial charge is 0.481 e. The molecule has 3 N–H and O–H groups in total. The van der Waals surface area contributed by atoms with E-state index in [0.717, 1.165) is 5.56 Å². The first kappa shape index (κ1) is 17.0. The van der Waals surface area contributed by atoms with Crippen LogP contribution < -0.4 is 5.32 Å². The van der Waals surface area contributed by atoms with Crippen LogP contribution in [-0.2, 0) is 20.8 Å². The van der Waals surface area contributed by atoms with Crippen LogP contribution in [0.5, 0.6) is 0 Å². The summed E-state index contributed by atoms with van der Waals surface area (Å²) in [5.41, 5.74) is 0.928. The van der Waals surface area contributed by atoms with Gasteiger partial charge >= 0.3 is 11.9 Å². The molecule has 21 heavy (non-hydrogen) atoms. The van der Waals surface area contributed by atoms with Gasteiger partial charge in [-0.2, -0.15) is 12.6 Å². The molecule has 0 saturated carbocycles. The smallest absolute Gasteiger partial charge is 0.326 e. The Kier molecular flexibility index (Phi) is 6.74. The van der Waals surface area contributed by atoms with E-state index in [9.17, 15) is 14.4 Å². The van der Waals surface area contributed by atoms with Crippen LogP contribution >= 0.6 is 12.6 Å². The number of carbonyl (C=O) groups is 3. The van der Waals surface area contributed by atoms with Gasteiger partial charge in [-0.1, -0.05) is 30.3 Å². The molecule has 0 saturated heterocycles. The van der Waals surface area contributed by atoms with Crippen molar-refractivity contribution in [3.8, 4) is 0 Å². The van der Waals surface area contributed by atoms with E-state index in [4.69, 9.17) is 10.2 Å². The van der Waals surface area contributed by atoms with E-state index in [1.807, 2.05) is 30.3 Å². The van der Waals surface area contributed by atoms with Crippen LogP contribution in [-0.4, -0.2) is 39.9 Å². The molecule has 0 aromatic heterocycles. The molecule has 0 unspecified atom stereocenters. The molecule has 114 valence electrons. The van der Waals surface area contributed by atoms with Gasteiger partial charge in [0.2, 0.25) is 5.91 Å². The van der Waals surface area contributed by atoms with Crippen molar-refractivity contribution in [2.24, 2.45) is 5.92 Å². The third-order valence-electron chi connectivity index (χ3n) is 2.91. The second-order valence-corrected chi connectivity index (χ2v) is 4.93. The highest BCUT2D eigenvalue weighted by Gasteiger charge is 2.26. The fourth-order valence-corrected chi connectivity index (χ4v) is 2.10. The molecule has 1 aromatic carbocycles. The first-order chi connectivity index (χ1) is 9.93. The van der Waals surface area contributed by atoms with Gasteiger partial charge in [0.25, 0.3) is 0 Å². The molecular formula is C14H17NO5S. The van der Waals surface area contributed by atoms with Gasteiger partial charge < -0.3 is 15.5 Å². The number of nitrogens with one attached hydrogen (secondary N) is 1. The Hall–Kier alpha value is -2.02. The molecular weight excluding hydrogens is 294 g/mol. The summed E-state index contributed by atoms with van der Waals surface area (Å²) in [4.78, 5) is 33.6. The Balaban J connectivity index is 2.69. The topological polar surface area (TPSA) is 104 Å². The van der Waals surface area contributed by atoms with Gasteiger partial charge in [0.15, 0.2) is 0 Å². The lowest BCUT2D eigenvalue weighted by atomic mass is 9.99. The van der Waals surface area contributed by atoms with E-state index in [0.29, 0.717) is 6.42 Å². The normalized spacial score (nSPS) is 13.2. The first-order valence-electron chi connectivity index (χ1n) is 6.33. The summed E-state index contributed by atoms with van der Waals surface area (Å²) >= 11 is 4.10. The predicted molar refractivity (Wildman–Crippen MR) is 79.3 cm³/mol. The summed E-state index contributed by atoms with van der Waals surface area (Å²) in [5, 5.41) is 19.8. The molecule has 0 aliphatic rings. The SMILES string of the molecule is O=C(O)C[C@H](NC(=O)[C@H](CS)Cc1ccccc1)C(=O)O. The maximum absolute atomic E-state index is 12.1. The summed E-state index contributed by atoms with van der Waals surface area (Å²) in [6, 6.07) is 7.81. The van der Waals surface area contributed by atoms with E-state index < -0.39 is 36.2 Å². The highest BCUT2D eigenvalue weighted by atomic mass is 32.1. The van der Waals surface area contributed by atoms with Crippen LogP contribution in [0.3, 0.4) is 0 Å². The standard InChI is InChI=1S/C14H17NO5S/c16-12(17)7-11(14(19)20)15-13(18)10(8-21)6-9-4-2-1-3-5-9/h1-5,10-11,21H,6-8H2,(H,15,18)(H,16,17)(H,19,20)/t10-,11-/m0/s1. The molecule has 0 fully saturated rings. The summed E-state index contributed by atoms with van der Waals surface area (Å²) in [7, 11) is 0. The van der Waals surface area contributed by atoms with Crippen LogP contribution in [0.25, 0.3) is 0 Å². The number of benzene rings is 1. The lowest BCUT2D eigenvalue weighted by Crippen LogP contribution is -2.45. The lowest BCUT2D eigenvalue weighted by Gasteiger charge is -2.18. The van der Waals surface area contributed by atoms with Gasteiger partial charge in [0, 0.05) is 5.75 Å². The van der Waals surface area contributed by atoms with Crippen molar-refractivity contribution in [1.29, 1.82) is 0 Å². The first-order valence-corrected chi connectivity index (χ1v) is 6.97. The Morgan fingerprint density at radius 2 is 1.76 bits per heavy atom. The second-order valence-electron chi connectivity index (χ2n) is 4.57. The molecule has 7 heteroatoms. The zero-order chi connectivity index (χ0) is 15.8. The fourth-order valence-electron chi connectivity index (χ4n) is 1.80. The van der Waals surface area contributed by atoms with E-state index in [1.165, 1.54) is 0 Å². The molecule has 0 spiro atoms. The summed E-state index contributed by atoms with van der Waals surface area (Å²) in [6.07, 6.45) is -0.249. The van der Waals surface area contributed by atoms with Crippen LogP contribution in [0.4, 0.5) is 0 Å². The van der Waals surface area contributed by atoms with Crippen molar-refractivity contribution in [3.63, 3.8) is 0 Å². The number of carboxylic acid groups (broad SMARTS) is 2. The second kappa shape index (κ2) is 8.31. The lowest BCUT2D eigenvalue weighted by molar-refractivity contribution is -0.147. The summed E-state index contributed by atoms with van der Waals surface area (Å²) in [6.45, 7) is 0. The zero-order valence-corrected chi connectivity index (χ0v) is 12.1. The van der Waals surface area contributed by atoms with Crippen LogP contribution in [0.2, 0.25) is 0 Å². The van der Waals surface area contributed by atoms with Crippen molar-refractivity contribution in [2.75, 3.05) is 5.75 Å². The zero-order valence-electron chi connectivity index (χ0n) is 11.2. The van der Waals surface area contributed by atoms with Crippen LogP contribution in [0, 0.1) is 5.92 Å². The summed E-state index contributed by atoms with van der Waals surface area (Å²) in [5.74, 6) is -3.45. The van der Waals surface area contributed by atoms with Gasteiger partial charge in [-0.3, -0.25) is 9.59 Å². The van der Waals surface area contributed by atoms with Gasteiger partial charge in [0.1, 0.15) is 6.04 Å². The number of carboxylic acids is 2. The van der Waals surface area contributed by atoms with E-state index in [-0.39, 0.29) is 5.75 Å². The van der Waals surface area contributed by atoms with Crippen molar-refractivity contribution in [1.82, 2.24) is 5.32 Å². The quantitative estimate of drug-likeness (QED) is 0.532. The molecule has 1 amide bonds. The molecule has 0 aliphatic carbocycles. The van der Waals surface area contributed by atoms with E-state index in [1.54, 1.807) is 0 Å². The number of carbonyl (C=O) groups excluding carboxylic acids is 1. The average Bonchev–Trinajstić information content (AvgIpc) is 2.44. The van der Waals surface area contributed by atoms with Crippen molar-refractivity contribution >= 4 is 30.5 Å². The third-order valence-corrected chi connectivity index (χ3v) is 3.35. The monoisotopic (exact) mass is 311 g/mol. The Morgan fingerprint density at radius 3 is 2.24 bits per heavy atom. The van der Waals surface area contributed by atoms with Crippen molar-refractivity contribution in [3.05, 3.63) is 35.9 Å². The van der Waals surface area contributed by atoms with Crippen LogP contribution in [0.15, 0.2) is 30.3 Å². The van der Waals surface area contributed by atoms with Crippen molar-refractivity contribution in [2.45, 2.75) is 18.9 Å².